The van der Waals surface area contributed by atoms with E-state index in [0.717, 1.165) is 22.9 Å². The van der Waals surface area contributed by atoms with Crippen molar-refractivity contribution in [3.05, 3.63) is 60.8 Å². The van der Waals surface area contributed by atoms with Crippen LogP contribution in [0.5, 0.6) is 0 Å². The molecule has 0 saturated heterocycles. The molecule has 0 radical (unpaired) electrons. The molecule has 0 N–H and O–H groups in total. The van der Waals surface area contributed by atoms with Crippen molar-refractivity contribution in [3.63, 3.8) is 0 Å². The summed E-state index contributed by atoms with van der Waals surface area (Å²) in [4.78, 5) is 10.7. The van der Waals surface area contributed by atoms with Crippen molar-refractivity contribution in [3.8, 4) is 0 Å². The predicted octanol–water partition coefficient (Wildman–Crippen LogP) is 3.81. The molecule has 1 aliphatic rings. The number of nitrogens with zero attached hydrogens (tertiary/aromatic N) is 3. The van der Waals surface area contributed by atoms with Gasteiger partial charge in [-0.1, -0.05) is 25.3 Å². The summed E-state index contributed by atoms with van der Waals surface area (Å²) in [7, 11) is 0. The maximum Gasteiger partial charge on any atom is 0.145 e. The molecule has 0 saturated carbocycles. The van der Waals surface area contributed by atoms with Crippen LogP contribution in [0.4, 0.5) is 0 Å². The zero-order valence-corrected chi connectivity index (χ0v) is 11.2. The second-order valence-electron chi connectivity index (χ2n) is 3.76. The van der Waals surface area contributed by atoms with Crippen LogP contribution in [0, 0.1) is 0 Å². The first kappa shape index (κ1) is 13.9. The summed E-state index contributed by atoms with van der Waals surface area (Å²) in [6, 6.07) is 0. The fourth-order valence-corrected chi connectivity index (χ4v) is 1.55. The lowest BCUT2D eigenvalue weighted by Crippen LogP contribution is -2.21. The largest absolute Gasteiger partial charge is 0.286 e. The fraction of sp³-hybridized carbons (Fsp3) is 0.200. The number of aliphatic imine (C=N–C) groups is 2. The highest BCUT2D eigenvalue weighted by atomic mass is 15.3. The Hall–Kier alpha value is -2.16. The van der Waals surface area contributed by atoms with Crippen LogP contribution in [0.15, 0.2) is 70.7 Å². The van der Waals surface area contributed by atoms with E-state index in [0.29, 0.717) is 0 Å². The summed E-state index contributed by atoms with van der Waals surface area (Å²) in [5.74, 6) is 1.65. The van der Waals surface area contributed by atoms with Gasteiger partial charge < -0.3 is 0 Å². The smallest absolute Gasteiger partial charge is 0.145 e. The molecule has 1 aliphatic heterocycles. The molecule has 3 heteroatoms. The first-order valence-electron chi connectivity index (χ1n) is 5.83. The van der Waals surface area contributed by atoms with Crippen LogP contribution in [0.2, 0.25) is 0 Å². The molecule has 94 valence electrons. The third kappa shape index (κ3) is 3.17. The molecule has 3 nitrogen and oxygen atoms in total. The molecule has 0 aromatic heterocycles. The van der Waals surface area contributed by atoms with E-state index >= 15 is 0 Å². The highest BCUT2D eigenvalue weighted by Gasteiger charge is 2.20. The van der Waals surface area contributed by atoms with Gasteiger partial charge in [-0.25, -0.2) is 9.98 Å². The molecular formula is C15H19N3. The van der Waals surface area contributed by atoms with Gasteiger partial charge in [0.15, 0.2) is 0 Å². The summed E-state index contributed by atoms with van der Waals surface area (Å²) < 4.78 is 0. The van der Waals surface area contributed by atoms with Gasteiger partial charge in [0, 0.05) is 23.7 Å². The summed E-state index contributed by atoms with van der Waals surface area (Å²) in [6.07, 6.45) is 11.2. The first-order valence-corrected chi connectivity index (χ1v) is 5.83. The number of hydrogen-bond acceptors (Lipinski definition) is 2. The lowest BCUT2D eigenvalue weighted by Gasteiger charge is -2.17. The fourth-order valence-electron chi connectivity index (χ4n) is 1.55. The van der Waals surface area contributed by atoms with E-state index < -0.39 is 0 Å². The SMILES string of the molecule is C=C/C=N\C(=C/C)N1C=C/C(=C/C)C1=NC(=C)C. The van der Waals surface area contributed by atoms with Gasteiger partial charge in [0.1, 0.15) is 11.7 Å². The summed E-state index contributed by atoms with van der Waals surface area (Å²) in [6.45, 7) is 13.2. The van der Waals surface area contributed by atoms with E-state index in [4.69, 9.17) is 0 Å². The van der Waals surface area contributed by atoms with Gasteiger partial charge in [-0.2, -0.15) is 0 Å². The second kappa shape index (κ2) is 6.55. The molecule has 0 atom stereocenters. The van der Waals surface area contributed by atoms with Crippen molar-refractivity contribution < 1.29 is 0 Å². The molecule has 0 aromatic rings. The van der Waals surface area contributed by atoms with Crippen LogP contribution in [0.3, 0.4) is 0 Å². The topological polar surface area (TPSA) is 28.0 Å². The van der Waals surface area contributed by atoms with Crippen molar-refractivity contribution >= 4 is 12.1 Å². The van der Waals surface area contributed by atoms with Gasteiger partial charge in [0.05, 0.1) is 0 Å². The Morgan fingerprint density at radius 3 is 2.61 bits per heavy atom. The Labute approximate surface area is 109 Å². The number of allylic oxidation sites excluding steroid dienone is 4. The van der Waals surface area contributed by atoms with Crippen LogP contribution in [0.25, 0.3) is 0 Å². The molecule has 1 heterocycles. The summed E-state index contributed by atoms with van der Waals surface area (Å²) in [5.41, 5.74) is 1.83. The van der Waals surface area contributed by atoms with Gasteiger partial charge in [0.25, 0.3) is 0 Å². The average Bonchev–Trinajstić information content (AvgIpc) is 2.73. The van der Waals surface area contributed by atoms with Crippen molar-refractivity contribution in [2.24, 2.45) is 9.98 Å². The van der Waals surface area contributed by atoms with Crippen LogP contribution >= 0.6 is 0 Å². The lowest BCUT2D eigenvalue weighted by molar-refractivity contribution is 0.690. The number of amidine groups is 1. The quantitative estimate of drug-likeness (QED) is 0.688. The maximum absolute atomic E-state index is 4.46. The maximum atomic E-state index is 4.46. The third-order valence-electron chi connectivity index (χ3n) is 2.31. The van der Waals surface area contributed by atoms with Crippen molar-refractivity contribution in [2.45, 2.75) is 20.8 Å². The minimum absolute atomic E-state index is 0.765. The number of hydrogen-bond donors (Lipinski definition) is 0. The highest BCUT2D eigenvalue weighted by molar-refractivity contribution is 6.05. The van der Waals surface area contributed by atoms with Gasteiger partial charge in [0.2, 0.25) is 0 Å². The zero-order chi connectivity index (χ0) is 13.5. The Morgan fingerprint density at radius 1 is 1.39 bits per heavy atom. The summed E-state index contributed by atoms with van der Waals surface area (Å²) in [5, 5.41) is 0. The van der Waals surface area contributed by atoms with Crippen molar-refractivity contribution in [2.75, 3.05) is 0 Å². The van der Waals surface area contributed by atoms with Gasteiger partial charge >= 0.3 is 0 Å². The van der Waals surface area contributed by atoms with Gasteiger partial charge in [-0.3, -0.25) is 4.90 Å². The Morgan fingerprint density at radius 2 is 2.11 bits per heavy atom. The Balaban J connectivity index is 3.15. The van der Waals surface area contributed by atoms with Crippen molar-refractivity contribution in [1.29, 1.82) is 0 Å². The standard InChI is InChI=1S/C15H19N3/c1-6-10-16-14(8-3)18-11-9-13(7-2)15(18)17-12(4)5/h6-11H,1,4H2,2-3,5H3/b13-7-,14-8+,16-10-,17-15?. The Kier molecular flexibility index (Phi) is 5.06. The van der Waals surface area contributed by atoms with E-state index in [9.17, 15) is 0 Å². The average molecular weight is 241 g/mol. The molecule has 18 heavy (non-hydrogen) atoms. The van der Waals surface area contributed by atoms with Crippen LogP contribution < -0.4 is 0 Å². The minimum atomic E-state index is 0.765. The molecule has 1 rings (SSSR count). The second-order valence-corrected chi connectivity index (χ2v) is 3.76. The van der Waals surface area contributed by atoms with Crippen LogP contribution in [-0.4, -0.2) is 17.0 Å². The highest BCUT2D eigenvalue weighted by Crippen LogP contribution is 2.22. The molecule has 0 fully saturated rings. The molecule has 0 bridgehead atoms. The van der Waals surface area contributed by atoms with E-state index in [-0.39, 0.29) is 0 Å². The monoisotopic (exact) mass is 241 g/mol. The molecule has 0 spiro atoms. The van der Waals surface area contributed by atoms with E-state index in [1.54, 1.807) is 12.3 Å². The van der Waals surface area contributed by atoms with Crippen LogP contribution in [-0.2, 0) is 0 Å². The minimum Gasteiger partial charge on any atom is -0.286 e. The molecule has 0 aromatic carbocycles. The van der Waals surface area contributed by atoms with E-state index in [1.165, 1.54) is 0 Å². The molecule has 0 unspecified atom stereocenters. The zero-order valence-electron chi connectivity index (χ0n) is 11.2. The van der Waals surface area contributed by atoms with Crippen LogP contribution in [0.1, 0.15) is 20.8 Å². The lowest BCUT2D eigenvalue weighted by atomic mass is 10.2. The number of rotatable bonds is 4. The van der Waals surface area contributed by atoms with E-state index in [2.05, 4.69) is 23.1 Å². The van der Waals surface area contributed by atoms with E-state index in [1.807, 2.05) is 50.1 Å². The molecule has 0 aliphatic carbocycles. The van der Waals surface area contributed by atoms with Gasteiger partial charge in [-0.15, -0.1) is 0 Å². The predicted molar refractivity (Wildman–Crippen MR) is 79.4 cm³/mol. The summed E-state index contributed by atoms with van der Waals surface area (Å²) >= 11 is 0. The first-order chi connectivity index (χ1) is 8.63. The molecular weight excluding hydrogens is 222 g/mol. The van der Waals surface area contributed by atoms with Crippen molar-refractivity contribution in [1.82, 2.24) is 4.90 Å². The third-order valence-corrected chi connectivity index (χ3v) is 2.31. The molecule has 0 amide bonds. The van der Waals surface area contributed by atoms with Gasteiger partial charge in [-0.05, 0) is 32.9 Å². The Bertz CT molecular complexity index is 488. The normalized spacial score (nSPS) is 20.4.